The van der Waals surface area contributed by atoms with Gasteiger partial charge in [-0.05, 0) is 0 Å². The molecule has 1 aromatic heterocycles. The predicted octanol–water partition coefficient (Wildman–Crippen LogP) is -0.636. The maximum Gasteiger partial charge on any atom is 0.268 e. The van der Waals surface area contributed by atoms with Crippen LogP contribution in [0.4, 0.5) is 0 Å². The van der Waals surface area contributed by atoms with Gasteiger partial charge in [0.05, 0.1) is 24.8 Å². The highest BCUT2D eigenvalue weighted by Gasteiger charge is 2.18. The molecular formula is C7H11N3O2. The number of nitrogens with one attached hydrogen (secondary N) is 3. The molecule has 1 aromatic rings. The first kappa shape index (κ1) is 7.57. The predicted molar refractivity (Wildman–Crippen MR) is 43.0 cm³/mol. The summed E-state index contributed by atoms with van der Waals surface area (Å²) in [5.41, 5.74) is 0.646. The van der Waals surface area contributed by atoms with Gasteiger partial charge in [0.15, 0.2) is 0 Å². The second-order valence-corrected chi connectivity index (χ2v) is 2.78. The Morgan fingerprint density at radius 2 is 2.50 bits per heavy atom. The minimum atomic E-state index is -0.0713. The van der Waals surface area contributed by atoms with Gasteiger partial charge in [0.25, 0.3) is 5.56 Å². The van der Waals surface area contributed by atoms with Gasteiger partial charge < -0.3 is 15.2 Å². The molecule has 0 spiro atoms. The van der Waals surface area contributed by atoms with Crippen molar-refractivity contribution in [2.45, 2.75) is 6.04 Å². The molecule has 3 N–H and O–H groups in total. The number of hydrogen-bond donors (Lipinski definition) is 3. The molecule has 0 bridgehead atoms. The third-order valence-corrected chi connectivity index (χ3v) is 1.97. The summed E-state index contributed by atoms with van der Waals surface area (Å²) in [6.07, 6.45) is 1.68. The molecule has 0 aromatic carbocycles. The summed E-state index contributed by atoms with van der Waals surface area (Å²) in [5.74, 6) is 0. The average Bonchev–Trinajstić information content (AvgIpc) is 2.53. The zero-order chi connectivity index (χ0) is 8.39. The molecule has 5 nitrogen and oxygen atoms in total. The maximum absolute atomic E-state index is 11.1. The van der Waals surface area contributed by atoms with Crippen molar-refractivity contribution in [2.24, 2.45) is 0 Å². The highest BCUT2D eigenvalue weighted by atomic mass is 16.5. The zero-order valence-corrected chi connectivity index (χ0v) is 6.59. The van der Waals surface area contributed by atoms with Gasteiger partial charge in [0.1, 0.15) is 0 Å². The van der Waals surface area contributed by atoms with Crippen LogP contribution >= 0.6 is 0 Å². The minimum Gasteiger partial charge on any atom is -0.378 e. The van der Waals surface area contributed by atoms with Crippen molar-refractivity contribution >= 4 is 0 Å². The van der Waals surface area contributed by atoms with E-state index < -0.39 is 0 Å². The van der Waals surface area contributed by atoms with Gasteiger partial charge in [0, 0.05) is 12.7 Å². The van der Waals surface area contributed by atoms with Crippen LogP contribution in [0.1, 0.15) is 11.6 Å². The number of aromatic nitrogens is 2. The Labute approximate surface area is 69.1 Å². The van der Waals surface area contributed by atoms with Crippen LogP contribution in [0.2, 0.25) is 0 Å². The Morgan fingerprint density at radius 3 is 3.08 bits per heavy atom. The van der Waals surface area contributed by atoms with E-state index in [-0.39, 0.29) is 11.6 Å². The smallest absolute Gasteiger partial charge is 0.268 e. The first-order chi connectivity index (χ1) is 5.88. The van der Waals surface area contributed by atoms with Crippen LogP contribution in [0.3, 0.4) is 0 Å². The van der Waals surface area contributed by atoms with E-state index in [0.717, 1.165) is 18.7 Å². The number of rotatable bonds is 1. The van der Waals surface area contributed by atoms with Crippen molar-refractivity contribution in [3.8, 4) is 0 Å². The van der Waals surface area contributed by atoms with Gasteiger partial charge in [-0.2, -0.15) is 0 Å². The molecule has 12 heavy (non-hydrogen) atoms. The summed E-state index contributed by atoms with van der Waals surface area (Å²) in [7, 11) is 0. The molecule has 1 atom stereocenters. The molecule has 1 unspecified atom stereocenters. The largest absolute Gasteiger partial charge is 0.378 e. The van der Waals surface area contributed by atoms with Crippen molar-refractivity contribution in [2.75, 3.05) is 19.8 Å². The maximum atomic E-state index is 11.1. The number of aromatic amines is 2. The van der Waals surface area contributed by atoms with Crippen molar-refractivity contribution in [1.29, 1.82) is 0 Å². The van der Waals surface area contributed by atoms with E-state index in [2.05, 4.69) is 15.5 Å². The number of morpholine rings is 1. The quantitative estimate of drug-likeness (QED) is 0.524. The number of H-pyrrole nitrogens is 2. The van der Waals surface area contributed by atoms with E-state index in [1.165, 1.54) is 0 Å². The van der Waals surface area contributed by atoms with Gasteiger partial charge in [-0.3, -0.25) is 9.89 Å². The van der Waals surface area contributed by atoms with Gasteiger partial charge in [-0.15, -0.1) is 0 Å². The Hall–Kier alpha value is -1.07. The molecular weight excluding hydrogens is 158 g/mol. The van der Waals surface area contributed by atoms with E-state index in [0.29, 0.717) is 6.61 Å². The van der Waals surface area contributed by atoms with Gasteiger partial charge in [-0.1, -0.05) is 0 Å². The molecule has 1 fully saturated rings. The van der Waals surface area contributed by atoms with Crippen molar-refractivity contribution in [3.63, 3.8) is 0 Å². The first-order valence-electron chi connectivity index (χ1n) is 3.95. The molecule has 0 saturated carbocycles. The number of ether oxygens (including phenoxy) is 1. The third kappa shape index (κ3) is 1.28. The highest BCUT2D eigenvalue weighted by Crippen LogP contribution is 2.09. The van der Waals surface area contributed by atoms with E-state index >= 15 is 0 Å². The molecule has 0 aliphatic carbocycles. The van der Waals surface area contributed by atoms with Crippen LogP contribution in [-0.4, -0.2) is 30.0 Å². The van der Waals surface area contributed by atoms with Crippen LogP contribution < -0.4 is 10.9 Å². The van der Waals surface area contributed by atoms with Crippen molar-refractivity contribution < 1.29 is 4.74 Å². The lowest BCUT2D eigenvalue weighted by molar-refractivity contribution is 0.0766. The van der Waals surface area contributed by atoms with Crippen molar-refractivity contribution in [1.82, 2.24) is 15.5 Å². The lowest BCUT2D eigenvalue weighted by atomic mass is 10.1. The Balaban J connectivity index is 2.18. The first-order valence-corrected chi connectivity index (χ1v) is 3.95. The molecule has 5 heteroatoms. The van der Waals surface area contributed by atoms with Crippen LogP contribution in [0.5, 0.6) is 0 Å². The topological polar surface area (TPSA) is 69.9 Å². The van der Waals surface area contributed by atoms with Crippen LogP contribution in [0.25, 0.3) is 0 Å². The summed E-state index contributed by atoms with van der Waals surface area (Å²) >= 11 is 0. The molecule has 2 rings (SSSR count). The van der Waals surface area contributed by atoms with Crippen molar-refractivity contribution in [3.05, 3.63) is 22.1 Å². The second-order valence-electron chi connectivity index (χ2n) is 2.78. The third-order valence-electron chi connectivity index (χ3n) is 1.97. The lowest BCUT2D eigenvalue weighted by Crippen LogP contribution is -2.36. The molecule has 2 heterocycles. The Morgan fingerprint density at radius 1 is 1.58 bits per heavy atom. The van der Waals surface area contributed by atoms with Crippen LogP contribution in [-0.2, 0) is 4.74 Å². The molecule has 0 amide bonds. The summed E-state index contributed by atoms with van der Waals surface area (Å²) in [4.78, 5) is 11.1. The normalized spacial score (nSPS) is 24.2. The second kappa shape index (κ2) is 3.12. The highest BCUT2D eigenvalue weighted by molar-refractivity contribution is 5.10. The molecule has 1 saturated heterocycles. The molecule has 0 radical (unpaired) electrons. The zero-order valence-electron chi connectivity index (χ0n) is 6.59. The van der Waals surface area contributed by atoms with Crippen LogP contribution in [0.15, 0.2) is 11.0 Å². The Bertz CT molecular complexity index is 298. The summed E-state index contributed by atoms with van der Waals surface area (Å²) in [6.45, 7) is 2.09. The van der Waals surface area contributed by atoms with Gasteiger partial charge in [-0.25, -0.2) is 0 Å². The Kier molecular flexibility index (Phi) is 1.97. The average molecular weight is 169 g/mol. The number of hydrogen-bond acceptors (Lipinski definition) is 3. The monoisotopic (exact) mass is 169 g/mol. The summed E-state index contributed by atoms with van der Waals surface area (Å²) < 4.78 is 5.23. The van der Waals surface area contributed by atoms with E-state index in [4.69, 9.17) is 4.74 Å². The fourth-order valence-electron chi connectivity index (χ4n) is 1.34. The standard InChI is InChI=1S/C7H11N3O2/c11-7-5(3-9-10-7)6-4-12-2-1-8-6/h3,6,8H,1-2,4H2,(H2,9,10,11). The molecule has 66 valence electrons. The lowest BCUT2D eigenvalue weighted by Gasteiger charge is -2.21. The van der Waals surface area contributed by atoms with E-state index in [1.54, 1.807) is 6.20 Å². The fourth-order valence-corrected chi connectivity index (χ4v) is 1.34. The molecule has 1 aliphatic rings. The minimum absolute atomic E-state index is 0.0359. The van der Waals surface area contributed by atoms with Gasteiger partial charge in [0.2, 0.25) is 0 Å². The van der Waals surface area contributed by atoms with Gasteiger partial charge >= 0.3 is 0 Å². The summed E-state index contributed by atoms with van der Waals surface area (Å²) in [5, 5.41) is 8.35. The van der Waals surface area contributed by atoms with E-state index in [1.807, 2.05) is 0 Å². The fraction of sp³-hybridized carbons (Fsp3) is 0.571. The summed E-state index contributed by atoms with van der Waals surface area (Å²) in [6, 6.07) is 0.0359. The van der Waals surface area contributed by atoms with E-state index in [9.17, 15) is 4.79 Å². The molecule has 1 aliphatic heterocycles. The SMILES string of the molecule is O=c1[nH][nH]cc1C1COCCN1. The van der Waals surface area contributed by atoms with Crippen LogP contribution in [0, 0.1) is 0 Å².